The summed E-state index contributed by atoms with van der Waals surface area (Å²) in [7, 11) is 0. The highest BCUT2D eigenvalue weighted by Gasteiger charge is 2.25. The van der Waals surface area contributed by atoms with E-state index in [2.05, 4.69) is 23.0 Å². The third-order valence-corrected chi connectivity index (χ3v) is 6.39. The molecule has 3 aromatic rings. The lowest BCUT2D eigenvalue weighted by Crippen LogP contribution is -2.32. The Morgan fingerprint density at radius 3 is 2.77 bits per heavy atom. The van der Waals surface area contributed by atoms with Gasteiger partial charge in [-0.2, -0.15) is 0 Å². The van der Waals surface area contributed by atoms with E-state index in [4.69, 9.17) is 22.1 Å². The minimum absolute atomic E-state index is 0.105. The summed E-state index contributed by atoms with van der Waals surface area (Å²) in [5, 5.41) is 1.25. The number of ether oxygens (including phenoxy) is 1. The molecule has 0 unspecified atom stereocenters. The van der Waals surface area contributed by atoms with Crippen molar-refractivity contribution in [2.45, 2.75) is 51.9 Å². The summed E-state index contributed by atoms with van der Waals surface area (Å²) in [5.74, 6) is 1.02. The highest BCUT2D eigenvalue weighted by molar-refractivity contribution is 6.34. The molecule has 0 saturated heterocycles. The van der Waals surface area contributed by atoms with Crippen LogP contribution in [0.25, 0.3) is 10.9 Å². The lowest BCUT2D eigenvalue weighted by Gasteiger charge is -2.23. The number of benzene rings is 1. The summed E-state index contributed by atoms with van der Waals surface area (Å²) in [6, 6.07) is 7.73. The second-order valence-electron chi connectivity index (χ2n) is 8.38. The second-order valence-corrected chi connectivity index (χ2v) is 8.79. The highest BCUT2D eigenvalue weighted by atomic mass is 35.5. The van der Waals surface area contributed by atoms with Crippen LogP contribution in [0.3, 0.4) is 0 Å². The number of anilines is 1. The topological polar surface area (TPSA) is 81.3 Å². The molecule has 3 heterocycles. The van der Waals surface area contributed by atoms with Gasteiger partial charge in [-0.1, -0.05) is 24.6 Å². The number of pyridine rings is 2. The van der Waals surface area contributed by atoms with Gasteiger partial charge < -0.3 is 15.4 Å². The zero-order chi connectivity index (χ0) is 21.5. The Labute approximate surface area is 186 Å². The van der Waals surface area contributed by atoms with Crippen LogP contribution >= 0.6 is 11.6 Å². The normalized spacial score (nSPS) is 15.3. The molecule has 0 bridgehead atoms. The van der Waals surface area contributed by atoms with Gasteiger partial charge in [-0.25, -0.2) is 4.98 Å². The Kier molecular flexibility index (Phi) is 5.28. The largest absolute Gasteiger partial charge is 0.383 e. The number of nitrogens with zero attached hydrogens (tertiary/aromatic N) is 3. The molecule has 2 aromatic heterocycles. The number of nitrogen functional groups attached to an aromatic ring is 1. The Morgan fingerprint density at radius 1 is 1.26 bits per heavy atom. The number of hydrogen-bond donors (Lipinski definition) is 1. The zero-order valence-corrected chi connectivity index (χ0v) is 18.3. The van der Waals surface area contributed by atoms with Crippen LogP contribution in [0.2, 0.25) is 5.02 Å². The number of fused-ring (bicyclic) bond motifs is 3. The van der Waals surface area contributed by atoms with Crippen molar-refractivity contribution < 1.29 is 9.53 Å². The van der Waals surface area contributed by atoms with Crippen LogP contribution in [0, 0.1) is 0 Å². The summed E-state index contributed by atoms with van der Waals surface area (Å²) in [6.45, 7) is 4.04. The Balaban J connectivity index is 1.47. The number of aromatic nitrogens is 2. The molecule has 1 saturated carbocycles. The van der Waals surface area contributed by atoms with E-state index in [1.165, 1.54) is 18.4 Å². The molecule has 6 nitrogen and oxygen atoms in total. The first-order valence-corrected chi connectivity index (χ1v) is 11.1. The van der Waals surface area contributed by atoms with E-state index in [-0.39, 0.29) is 5.91 Å². The SMILES string of the molecule is CCCN(Cc1ccc(C2CC2)cn1)C(=O)c1cc2c3c(c(N)nc2cc1Cl)COC3. The van der Waals surface area contributed by atoms with Gasteiger partial charge in [0.05, 0.1) is 41.6 Å². The van der Waals surface area contributed by atoms with Gasteiger partial charge in [0.25, 0.3) is 5.91 Å². The summed E-state index contributed by atoms with van der Waals surface area (Å²) >= 11 is 6.54. The van der Waals surface area contributed by atoms with Gasteiger partial charge in [0.1, 0.15) is 5.82 Å². The first kappa shape index (κ1) is 20.2. The molecular weight excluding hydrogens is 412 g/mol. The van der Waals surface area contributed by atoms with E-state index in [1.807, 2.05) is 23.2 Å². The monoisotopic (exact) mass is 436 g/mol. The fourth-order valence-electron chi connectivity index (χ4n) is 4.23. The summed E-state index contributed by atoms with van der Waals surface area (Å²) < 4.78 is 5.57. The maximum absolute atomic E-state index is 13.5. The van der Waals surface area contributed by atoms with Crippen molar-refractivity contribution in [3.05, 3.63) is 63.4 Å². The van der Waals surface area contributed by atoms with Crippen molar-refractivity contribution in [1.29, 1.82) is 0 Å². The second kappa shape index (κ2) is 8.09. The van der Waals surface area contributed by atoms with Crippen LogP contribution < -0.4 is 5.73 Å². The number of rotatable bonds is 6. The summed E-state index contributed by atoms with van der Waals surface area (Å²) in [4.78, 5) is 24.4. The predicted molar refractivity (Wildman–Crippen MR) is 121 cm³/mol. The number of amides is 1. The average Bonchev–Trinajstić information content (AvgIpc) is 3.49. The average molecular weight is 437 g/mol. The third-order valence-electron chi connectivity index (χ3n) is 6.08. The van der Waals surface area contributed by atoms with Gasteiger partial charge in [-0.15, -0.1) is 0 Å². The van der Waals surface area contributed by atoms with Crippen LogP contribution in [0.4, 0.5) is 5.82 Å². The molecule has 1 aromatic carbocycles. The quantitative estimate of drug-likeness (QED) is 0.598. The van der Waals surface area contributed by atoms with Crippen molar-refractivity contribution in [2.75, 3.05) is 12.3 Å². The molecular formula is C24H25ClN4O2. The lowest BCUT2D eigenvalue weighted by molar-refractivity contribution is 0.0741. The predicted octanol–water partition coefficient (Wildman–Crippen LogP) is 4.83. The van der Waals surface area contributed by atoms with Crippen LogP contribution in [0.5, 0.6) is 0 Å². The molecule has 7 heteroatoms. The molecule has 160 valence electrons. The summed E-state index contributed by atoms with van der Waals surface area (Å²) in [5.41, 5.74) is 11.3. The standard InChI is InChI=1S/C24H25ClN4O2/c1-2-7-29(11-16-6-5-15(10-27-16)14-3-4-14)24(30)18-8-17-19-12-31-13-20(19)23(26)28-22(17)9-21(18)25/h5-6,8-10,14H,2-4,7,11-13H2,1H3,(H2,26,28). The van der Waals surface area contributed by atoms with Crippen molar-refractivity contribution in [3.63, 3.8) is 0 Å². The molecule has 5 rings (SSSR count). The molecule has 0 atom stereocenters. The third kappa shape index (κ3) is 3.86. The molecule has 2 N–H and O–H groups in total. The van der Waals surface area contributed by atoms with Crippen molar-refractivity contribution >= 4 is 34.2 Å². The smallest absolute Gasteiger partial charge is 0.255 e. The van der Waals surface area contributed by atoms with Gasteiger partial charge in [-0.05, 0) is 54.5 Å². The van der Waals surface area contributed by atoms with Gasteiger partial charge in [0.2, 0.25) is 0 Å². The van der Waals surface area contributed by atoms with E-state index in [9.17, 15) is 4.79 Å². The van der Waals surface area contributed by atoms with Crippen LogP contribution in [0.1, 0.15) is 64.8 Å². The van der Waals surface area contributed by atoms with Gasteiger partial charge in [0.15, 0.2) is 0 Å². The minimum Gasteiger partial charge on any atom is -0.383 e. The molecule has 31 heavy (non-hydrogen) atoms. The first-order valence-electron chi connectivity index (χ1n) is 10.8. The molecule has 1 aliphatic heterocycles. The van der Waals surface area contributed by atoms with Gasteiger partial charge >= 0.3 is 0 Å². The van der Waals surface area contributed by atoms with E-state index in [0.717, 1.165) is 28.6 Å². The zero-order valence-electron chi connectivity index (χ0n) is 17.5. The van der Waals surface area contributed by atoms with Gasteiger partial charge in [0, 0.05) is 23.7 Å². The van der Waals surface area contributed by atoms with E-state index in [1.54, 1.807) is 6.07 Å². The Hall–Kier alpha value is -2.70. The summed E-state index contributed by atoms with van der Waals surface area (Å²) in [6.07, 6.45) is 5.29. The Morgan fingerprint density at radius 2 is 2.06 bits per heavy atom. The molecule has 1 fully saturated rings. The molecule has 1 aliphatic carbocycles. The lowest BCUT2D eigenvalue weighted by atomic mass is 10.0. The molecule has 0 radical (unpaired) electrons. The van der Waals surface area contributed by atoms with E-state index in [0.29, 0.717) is 54.1 Å². The van der Waals surface area contributed by atoms with Crippen molar-refractivity contribution in [3.8, 4) is 0 Å². The number of carbonyl (C=O) groups excluding carboxylic acids is 1. The maximum atomic E-state index is 13.5. The number of halogens is 1. The highest BCUT2D eigenvalue weighted by Crippen LogP contribution is 2.39. The number of carbonyl (C=O) groups is 1. The Bertz CT molecular complexity index is 1160. The van der Waals surface area contributed by atoms with Gasteiger partial charge in [-0.3, -0.25) is 9.78 Å². The first-order chi connectivity index (χ1) is 15.0. The van der Waals surface area contributed by atoms with E-state index >= 15 is 0 Å². The fourth-order valence-corrected chi connectivity index (χ4v) is 4.47. The molecule has 0 spiro atoms. The van der Waals surface area contributed by atoms with Crippen LogP contribution in [0.15, 0.2) is 30.5 Å². The van der Waals surface area contributed by atoms with E-state index < -0.39 is 0 Å². The number of hydrogen-bond acceptors (Lipinski definition) is 5. The minimum atomic E-state index is -0.105. The van der Waals surface area contributed by atoms with Crippen LogP contribution in [-0.2, 0) is 24.5 Å². The maximum Gasteiger partial charge on any atom is 0.255 e. The molecule has 1 amide bonds. The van der Waals surface area contributed by atoms with Crippen molar-refractivity contribution in [1.82, 2.24) is 14.9 Å². The van der Waals surface area contributed by atoms with Crippen molar-refractivity contribution in [2.24, 2.45) is 0 Å². The van der Waals surface area contributed by atoms with Crippen LogP contribution in [-0.4, -0.2) is 27.3 Å². The molecule has 2 aliphatic rings. The number of nitrogens with two attached hydrogens (primary N) is 1. The fraction of sp³-hybridized carbons (Fsp3) is 0.375.